The highest BCUT2D eigenvalue weighted by molar-refractivity contribution is 5.96. The Balaban J connectivity index is 1.68. The van der Waals surface area contributed by atoms with Gasteiger partial charge in [0.25, 0.3) is 0 Å². The quantitative estimate of drug-likeness (QED) is 0.775. The maximum absolute atomic E-state index is 12.4. The number of anilines is 1. The molecule has 2 aromatic rings. The summed E-state index contributed by atoms with van der Waals surface area (Å²) in [6, 6.07) is 15.9. The molecule has 2 atom stereocenters. The molecular formula is C21H20N2O. The number of hydrogen-bond acceptors (Lipinski definition) is 2. The third kappa shape index (κ3) is 3.51. The number of nitrogens with zero attached hydrogens (tertiary/aromatic N) is 1. The lowest BCUT2D eigenvalue weighted by Crippen LogP contribution is -2.14. The summed E-state index contributed by atoms with van der Waals surface area (Å²) >= 11 is 0. The van der Waals surface area contributed by atoms with Gasteiger partial charge in [0.1, 0.15) is 0 Å². The molecular weight excluding hydrogens is 296 g/mol. The second-order valence-electron chi connectivity index (χ2n) is 5.86. The zero-order chi connectivity index (χ0) is 16.9. The number of hydrogen-bond donors (Lipinski definition) is 1. The molecule has 3 nitrogen and oxygen atoms in total. The van der Waals surface area contributed by atoms with E-state index in [1.54, 1.807) is 12.3 Å². The number of aliphatic imine (C=N–C) groups is 1. The zero-order valence-electron chi connectivity index (χ0n) is 13.5. The molecule has 1 aliphatic carbocycles. The van der Waals surface area contributed by atoms with E-state index in [2.05, 4.69) is 35.6 Å². The van der Waals surface area contributed by atoms with Crippen LogP contribution in [0.2, 0.25) is 0 Å². The Morgan fingerprint density at radius 1 is 1.12 bits per heavy atom. The van der Waals surface area contributed by atoms with Crippen LogP contribution in [0.25, 0.3) is 6.08 Å². The Labute approximate surface area is 142 Å². The molecule has 0 bridgehead atoms. The van der Waals surface area contributed by atoms with Crippen LogP contribution in [-0.2, 0) is 4.79 Å². The van der Waals surface area contributed by atoms with Crippen LogP contribution in [0.1, 0.15) is 29.0 Å². The molecule has 0 heterocycles. The van der Waals surface area contributed by atoms with Gasteiger partial charge in [-0.2, -0.15) is 0 Å². The Morgan fingerprint density at radius 2 is 1.92 bits per heavy atom. The van der Waals surface area contributed by atoms with E-state index in [1.165, 1.54) is 11.8 Å². The molecule has 24 heavy (non-hydrogen) atoms. The topological polar surface area (TPSA) is 41.5 Å². The SMILES string of the molecule is C=CN=Cc1ccc(NC(=O)C2CC2c2ccccc2)cc1C=C. The first kappa shape index (κ1) is 15.9. The maximum atomic E-state index is 12.4. The third-order valence-corrected chi connectivity index (χ3v) is 4.25. The van der Waals surface area contributed by atoms with Crippen molar-refractivity contribution in [3.63, 3.8) is 0 Å². The molecule has 1 saturated carbocycles. The Morgan fingerprint density at radius 3 is 2.62 bits per heavy atom. The predicted octanol–water partition coefficient (Wildman–Crippen LogP) is 4.63. The summed E-state index contributed by atoms with van der Waals surface area (Å²) in [6.45, 7) is 7.38. The summed E-state index contributed by atoms with van der Waals surface area (Å²) < 4.78 is 0. The molecule has 0 aliphatic heterocycles. The van der Waals surface area contributed by atoms with Crippen LogP contribution in [-0.4, -0.2) is 12.1 Å². The normalized spacial score (nSPS) is 19.0. The smallest absolute Gasteiger partial charge is 0.228 e. The van der Waals surface area contributed by atoms with Gasteiger partial charge in [0.15, 0.2) is 0 Å². The summed E-state index contributed by atoms with van der Waals surface area (Å²) in [5.74, 6) is 0.469. The minimum atomic E-state index is 0.0570. The summed E-state index contributed by atoms with van der Waals surface area (Å²) in [6.07, 6.45) is 5.87. The molecule has 3 heteroatoms. The van der Waals surface area contributed by atoms with Gasteiger partial charge in [0.05, 0.1) is 0 Å². The maximum Gasteiger partial charge on any atom is 0.228 e. The molecule has 2 unspecified atom stereocenters. The highest BCUT2D eigenvalue weighted by Gasteiger charge is 2.43. The van der Waals surface area contributed by atoms with Crippen LogP contribution in [0, 0.1) is 5.92 Å². The van der Waals surface area contributed by atoms with Crippen LogP contribution < -0.4 is 5.32 Å². The summed E-state index contributed by atoms with van der Waals surface area (Å²) in [5.41, 5.74) is 3.88. The largest absolute Gasteiger partial charge is 0.326 e. The van der Waals surface area contributed by atoms with Crippen molar-refractivity contribution < 1.29 is 4.79 Å². The van der Waals surface area contributed by atoms with E-state index < -0.39 is 0 Å². The van der Waals surface area contributed by atoms with Crippen molar-refractivity contribution >= 4 is 23.9 Å². The minimum absolute atomic E-state index is 0.0570. The summed E-state index contributed by atoms with van der Waals surface area (Å²) in [5, 5.41) is 3.01. The van der Waals surface area contributed by atoms with Gasteiger partial charge in [-0.05, 0) is 35.6 Å². The molecule has 1 aliphatic rings. The Bertz CT molecular complexity index is 793. The van der Waals surface area contributed by atoms with Gasteiger partial charge in [-0.3, -0.25) is 9.79 Å². The van der Waals surface area contributed by atoms with Crippen LogP contribution in [0.5, 0.6) is 0 Å². The summed E-state index contributed by atoms with van der Waals surface area (Å²) in [7, 11) is 0. The van der Waals surface area contributed by atoms with Crippen molar-refractivity contribution in [2.45, 2.75) is 12.3 Å². The van der Waals surface area contributed by atoms with E-state index in [-0.39, 0.29) is 11.8 Å². The van der Waals surface area contributed by atoms with E-state index in [1.807, 2.05) is 36.4 Å². The molecule has 120 valence electrons. The van der Waals surface area contributed by atoms with Gasteiger partial charge in [-0.15, -0.1) is 0 Å². The molecule has 1 amide bonds. The van der Waals surface area contributed by atoms with Crippen molar-refractivity contribution in [2.24, 2.45) is 10.9 Å². The fraction of sp³-hybridized carbons (Fsp3) is 0.143. The van der Waals surface area contributed by atoms with Gasteiger partial charge in [0, 0.05) is 29.6 Å². The van der Waals surface area contributed by atoms with E-state index in [0.717, 1.165) is 23.2 Å². The number of benzene rings is 2. The lowest BCUT2D eigenvalue weighted by atomic mass is 10.1. The van der Waals surface area contributed by atoms with Crippen molar-refractivity contribution in [3.8, 4) is 0 Å². The Kier molecular flexibility index (Phi) is 4.71. The first-order valence-electron chi connectivity index (χ1n) is 7.99. The van der Waals surface area contributed by atoms with Crippen molar-refractivity contribution in [3.05, 3.63) is 84.6 Å². The fourth-order valence-corrected chi connectivity index (χ4v) is 2.87. The second-order valence-corrected chi connectivity index (χ2v) is 5.86. The van der Waals surface area contributed by atoms with Crippen molar-refractivity contribution in [1.82, 2.24) is 0 Å². The van der Waals surface area contributed by atoms with E-state index in [4.69, 9.17) is 0 Å². The number of rotatable bonds is 6. The van der Waals surface area contributed by atoms with Crippen LogP contribution in [0.15, 0.2) is 72.9 Å². The van der Waals surface area contributed by atoms with Gasteiger partial charge in [0.2, 0.25) is 5.91 Å². The second kappa shape index (κ2) is 7.09. The van der Waals surface area contributed by atoms with Gasteiger partial charge in [-0.25, -0.2) is 0 Å². The predicted molar refractivity (Wildman–Crippen MR) is 100 cm³/mol. The third-order valence-electron chi connectivity index (χ3n) is 4.25. The standard InChI is InChI=1S/C21H20N2O/c1-3-15-12-18(11-10-17(15)14-22-4-2)23-21(24)20-13-19(20)16-8-6-5-7-9-16/h3-12,14,19-20H,1-2,13H2,(H,23,24). The van der Waals surface area contributed by atoms with Crippen LogP contribution in [0.4, 0.5) is 5.69 Å². The van der Waals surface area contributed by atoms with Gasteiger partial charge >= 0.3 is 0 Å². The molecule has 0 radical (unpaired) electrons. The highest BCUT2D eigenvalue weighted by Crippen LogP contribution is 2.47. The zero-order valence-corrected chi connectivity index (χ0v) is 13.5. The average molecular weight is 316 g/mol. The number of nitrogens with one attached hydrogen (secondary N) is 1. The highest BCUT2D eigenvalue weighted by atomic mass is 16.2. The van der Waals surface area contributed by atoms with Crippen LogP contribution in [0.3, 0.4) is 0 Å². The first-order valence-corrected chi connectivity index (χ1v) is 7.99. The minimum Gasteiger partial charge on any atom is -0.326 e. The number of amides is 1. The average Bonchev–Trinajstić information content (AvgIpc) is 3.42. The van der Waals surface area contributed by atoms with E-state index in [9.17, 15) is 4.79 Å². The lowest BCUT2D eigenvalue weighted by Gasteiger charge is -2.08. The first-order chi connectivity index (χ1) is 11.7. The molecule has 0 saturated heterocycles. The monoisotopic (exact) mass is 316 g/mol. The number of carbonyl (C=O) groups is 1. The molecule has 0 aromatic heterocycles. The molecule has 0 spiro atoms. The Hall–Kier alpha value is -2.94. The molecule has 3 rings (SSSR count). The fourth-order valence-electron chi connectivity index (χ4n) is 2.87. The molecule has 1 fully saturated rings. The van der Waals surface area contributed by atoms with Gasteiger partial charge < -0.3 is 5.32 Å². The lowest BCUT2D eigenvalue weighted by molar-refractivity contribution is -0.117. The van der Waals surface area contributed by atoms with E-state index >= 15 is 0 Å². The van der Waals surface area contributed by atoms with E-state index in [0.29, 0.717) is 5.92 Å². The van der Waals surface area contributed by atoms with Gasteiger partial charge in [-0.1, -0.05) is 55.6 Å². The number of carbonyl (C=O) groups excluding carboxylic acids is 1. The molecule has 1 N–H and O–H groups in total. The van der Waals surface area contributed by atoms with Crippen LogP contribution >= 0.6 is 0 Å². The summed E-state index contributed by atoms with van der Waals surface area (Å²) in [4.78, 5) is 16.5. The molecule has 2 aromatic carbocycles. The van der Waals surface area contributed by atoms with Crippen molar-refractivity contribution in [2.75, 3.05) is 5.32 Å². The van der Waals surface area contributed by atoms with Crippen molar-refractivity contribution in [1.29, 1.82) is 0 Å².